The number of rotatable bonds is 1. The van der Waals surface area contributed by atoms with Gasteiger partial charge in [0.25, 0.3) is 0 Å². The molecule has 0 atom stereocenters. The molecule has 0 unspecified atom stereocenters. The van der Waals surface area contributed by atoms with Crippen LogP contribution in [0.2, 0.25) is 0 Å². The summed E-state index contributed by atoms with van der Waals surface area (Å²) in [7, 11) is 0. The summed E-state index contributed by atoms with van der Waals surface area (Å²) in [6.45, 7) is 6.14. The van der Waals surface area contributed by atoms with Crippen molar-refractivity contribution in [3.8, 4) is 0 Å². The molecule has 1 nitrogen and oxygen atoms in total. The number of fused-ring (bicyclic) bond motifs is 2. The fraction of sp³-hybridized carbons (Fsp3) is 0.778. The first kappa shape index (κ1) is 6.26. The Morgan fingerprint density at radius 3 is 1.80 bits per heavy atom. The van der Waals surface area contributed by atoms with Gasteiger partial charge in [0.2, 0.25) is 0 Å². The van der Waals surface area contributed by atoms with Gasteiger partial charge in [-0.1, -0.05) is 6.58 Å². The van der Waals surface area contributed by atoms with Gasteiger partial charge in [0.05, 0.1) is 0 Å². The van der Waals surface area contributed by atoms with Crippen molar-refractivity contribution in [2.24, 2.45) is 0 Å². The molecule has 0 aliphatic carbocycles. The van der Waals surface area contributed by atoms with Crippen molar-refractivity contribution < 1.29 is 0 Å². The standard InChI is InChI=1S/C9H15N/c1-7(2)10-8-3-4-9(10)6-5-8/h8-9H,1,3-6H2,2H3. The lowest BCUT2D eigenvalue weighted by Crippen LogP contribution is -2.25. The van der Waals surface area contributed by atoms with E-state index in [1.807, 2.05) is 0 Å². The Bertz CT molecular complexity index is 142. The van der Waals surface area contributed by atoms with Crippen LogP contribution in [-0.4, -0.2) is 17.0 Å². The van der Waals surface area contributed by atoms with E-state index in [-0.39, 0.29) is 0 Å². The smallest absolute Gasteiger partial charge is 0.0291 e. The summed E-state index contributed by atoms with van der Waals surface area (Å²) in [6, 6.07) is 1.73. The summed E-state index contributed by atoms with van der Waals surface area (Å²) >= 11 is 0. The zero-order valence-electron chi connectivity index (χ0n) is 6.64. The minimum absolute atomic E-state index is 0.863. The first-order valence-corrected chi connectivity index (χ1v) is 4.23. The van der Waals surface area contributed by atoms with Crippen molar-refractivity contribution in [3.63, 3.8) is 0 Å². The Kier molecular flexibility index (Phi) is 1.26. The largest absolute Gasteiger partial charge is 0.370 e. The topological polar surface area (TPSA) is 3.24 Å². The second-order valence-electron chi connectivity index (χ2n) is 3.60. The fourth-order valence-electron chi connectivity index (χ4n) is 2.54. The lowest BCUT2D eigenvalue weighted by molar-refractivity contribution is 0.326. The maximum absolute atomic E-state index is 4.00. The molecular weight excluding hydrogens is 122 g/mol. The highest BCUT2D eigenvalue weighted by Gasteiger charge is 2.38. The van der Waals surface area contributed by atoms with Crippen LogP contribution in [0.1, 0.15) is 32.6 Å². The van der Waals surface area contributed by atoms with E-state index >= 15 is 0 Å². The molecule has 0 aromatic heterocycles. The Balaban J connectivity index is 2.16. The van der Waals surface area contributed by atoms with Crippen molar-refractivity contribution in [2.45, 2.75) is 44.7 Å². The Hall–Kier alpha value is -0.460. The molecule has 0 saturated carbocycles. The molecule has 10 heavy (non-hydrogen) atoms. The molecule has 0 N–H and O–H groups in total. The lowest BCUT2D eigenvalue weighted by atomic mass is 10.0. The zero-order chi connectivity index (χ0) is 7.14. The van der Waals surface area contributed by atoms with Gasteiger partial charge in [-0.05, 0) is 32.6 Å². The molecule has 2 aliphatic rings. The van der Waals surface area contributed by atoms with Gasteiger partial charge in [-0.3, -0.25) is 0 Å². The van der Waals surface area contributed by atoms with E-state index in [0.29, 0.717) is 0 Å². The van der Waals surface area contributed by atoms with Crippen molar-refractivity contribution in [3.05, 3.63) is 12.3 Å². The maximum Gasteiger partial charge on any atom is 0.0291 e. The van der Waals surface area contributed by atoms with Crippen LogP contribution in [0.15, 0.2) is 12.3 Å². The Morgan fingerprint density at radius 2 is 1.60 bits per heavy atom. The molecule has 0 amide bonds. The van der Waals surface area contributed by atoms with Crippen molar-refractivity contribution in [1.29, 1.82) is 0 Å². The van der Waals surface area contributed by atoms with Crippen molar-refractivity contribution >= 4 is 0 Å². The van der Waals surface area contributed by atoms with E-state index in [9.17, 15) is 0 Å². The number of hydrogen-bond donors (Lipinski definition) is 0. The summed E-state index contributed by atoms with van der Waals surface area (Å²) in [5.74, 6) is 0. The molecule has 2 heterocycles. The normalized spacial score (nSPS) is 37.1. The minimum Gasteiger partial charge on any atom is -0.370 e. The molecular formula is C9H15N. The molecule has 2 aliphatic heterocycles. The average Bonchev–Trinajstić information content (AvgIpc) is 2.43. The van der Waals surface area contributed by atoms with Crippen LogP contribution < -0.4 is 0 Å². The van der Waals surface area contributed by atoms with Crippen LogP contribution in [0.3, 0.4) is 0 Å². The van der Waals surface area contributed by atoms with Gasteiger partial charge in [-0.15, -0.1) is 0 Å². The second-order valence-corrected chi connectivity index (χ2v) is 3.60. The molecule has 0 aromatic carbocycles. The van der Waals surface area contributed by atoms with Crippen LogP contribution >= 0.6 is 0 Å². The highest BCUT2D eigenvalue weighted by atomic mass is 15.2. The molecule has 0 aromatic rings. The summed E-state index contributed by atoms with van der Waals surface area (Å²) in [5, 5.41) is 0. The van der Waals surface area contributed by atoms with E-state index in [2.05, 4.69) is 18.4 Å². The zero-order valence-corrected chi connectivity index (χ0v) is 6.64. The van der Waals surface area contributed by atoms with E-state index in [1.165, 1.54) is 31.4 Å². The van der Waals surface area contributed by atoms with Crippen molar-refractivity contribution in [2.75, 3.05) is 0 Å². The predicted octanol–water partition coefficient (Wildman–Crippen LogP) is 2.15. The van der Waals surface area contributed by atoms with E-state index in [4.69, 9.17) is 0 Å². The van der Waals surface area contributed by atoms with Gasteiger partial charge in [0.15, 0.2) is 0 Å². The average molecular weight is 137 g/mol. The summed E-state index contributed by atoms with van der Waals surface area (Å²) in [5.41, 5.74) is 1.28. The van der Waals surface area contributed by atoms with Crippen LogP contribution in [0.4, 0.5) is 0 Å². The number of nitrogens with zero attached hydrogens (tertiary/aromatic N) is 1. The third-order valence-corrected chi connectivity index (χ3v) is 2.89. The van der Waals surface area contributed by atoms with Gasteiger partial charge in [-0.25, -0.2) is 0 Å². The third kappa shape index (κ3) is 0.695. The van der Waals surface area contributed by atoms with Gasteiger partial charge in [0, 0.05) is 17.8 Å². The molecule has 1 heteroatoms. The lowest BCUT2D eigenvalue weighted by Gasteiger charge is -2.23. The maximum atomic E-state index is 4.00. The van der Waals surface area contributed by atoms with E-state index in [1.54, 1.807) is 0 Å². The molecule has 2 rings (SSSR count). The Labute approximate surface area is 62.7 Å². The van der Waals surface area contributed by atoms with Crippen LogP contribution in [0.5, 0.6) is 0 Å². The molecule has 0 spiro atoms. The van der Waals surface area contributed by atoms with Gasteiger partial charge >= 0.3 is 0 Å². The first-order valence-electron chi connectivity index (χ1n) is 4.23. The van der Waals surface area contributed by atoms with Gasteiger partial charge in [0.1, 0.15) is 0 Å². The number of hydrogen-bond acceptors (Lipinski definition) is 1. The molecule has 56 valence electrons. The van der Waals surface area contributed by atoms with Crippen LogP contribution in [0, 0.1) is 0 Å². The van der Waals surface area contributed by atoms with Crippen LogP contribution in [-0.2, 0) is 0 Å². The molecule has 2 bridgehead atoms. The number of allylic oxidation sites excluding steroid dienone is 1. The Morgan fingerprint density at radius 1 is 1.20 bits per heavy atom. The van der Waals surface area contributed by atoms with Crippen molar-refractivity contribution in [1.82, 2.24) is 4.90 Å². The monoisotopic (exact) mass is 137 g/mol. The second kappa shape index (κ2) is 2.01. The fourth-order valence-corrected chi connectivity index (χ4v) is 2.54. The SMILES string of the molecule is C=C(C)N1C2CCC1CC2. The van der Waals surface area contributed by atoms with Crippen LogP contribution in [0.25, 0.3) is 0 Å². The first-order chi connectivity index (χ1) is 4.79. The van der Waals surface area contributed by atoms with Gasteiger partial charge in [-0.2, -0.15) is 0 Å². The van der Waals surface area contributed by atoms with E-state index in [0.717, 1.165) is 12.1 Å². The molecule has 2 fully saturated rings. The quantitative estimate of drug-likeness (QED) is 0.535. The summed E-state index contributed by atoms with van der Waals surface area (Å²) < 4.78 is 0. The molecule has 0 radical (unpaired) electrons. The summed E-state index contributed by atoms with van der Waals surface area (Å²) in [6.07, 6.45) is 5.66. The third-order valence-electron chi connectivity index (χ3n) is 2.89. The minimum atomic E-state index is 0.863. The highest BCUT2D eigenvalue weighted by molar-refractivity contribution is 5.05. The van der Waals surface area contributed by atoms with E-state index < -0.39 is 0 Å². The summed E-state index contributed by atoms with van der Waals surface area (Å²) in [4.78, 5) is 2.53. The molecule has 2 saturated heterocycles. The predicted molar refractivity (Wildman–Crippen MR) is 42.7 cm³/mol. The highest BCUT2D eigenvalue weighted by Crippen LogP contribution is 2.39. The van der Waals surface area contributed by atoms with Gasteiger partial charge < -0.3 is 4.90 Å².